The van der Waals surface area contributed by atoms with Crippen LogP contribution in [0.2, 0.25) is 0 Å². The molecule has 4 aromatic rings. The maximum atomic E-state index is 13.5. The van der Waals surface area contributed by atoms with E-state index in [1.165, 1.54) is 5.56 Å². The minimum absolute atomic E-state index is 0. The average molecular weight is 493 g/mol. The van der Waals surface area contributed by atoms with Gasteiger partial charge in [0.25, 0.3) is 5.91 Å². The first kappa shape index (κ1) is 24.5. The van der Waals surface area contributed by atoms with Crippen LogP contribution in [0.25, 0.3) is 10.9 Å². The summed E-state index contributed by atoms with van der Waals surface area (Å²) in [6.45, 7) is 3.93. The number of aromatic nitrogens is 3. The summed E-state index contributed by atoms with van der Waals surface area (Å²) >= 11 is 0. The van der Waals surface area contributed by atoms with Gasteiger partial charge in [0, 0.05) is 61.9 Å². The van der Waals surface area contributed by atoms with Crippen LogP contribution < -0.4 is 4.90 Å². The summed E-state index contributed by atoms with van der Waals surface area (Å²) < 4.78 is 0. The molecule has 9 heteroatoms. The number of para-hydroxylation sites is 1. The number of nitrogens with zero attached hydrogens (tertiary/aromatic N) is 4. The van der Waals surface area contributed by atoms with E-state index >= 15 is 0 Å². The molecule has 1 aliphatic rings. The molecule has 2 aromatic carbocycles. The standard InChI is InChI=1S/C26H28N6O2.ClH/c33-25(31-14-12-30(13-15-31)11-9-20-17-28-29-18-20)19-32(23-4-2-1-3-5-23)26(34)22-7-6-21-8-10-27-24(21)16-22;/h1-8,10,16-18,27H,9,11-15,19H2,(H,28,29);1H. The van der Waals surface area contributed by atoms with Gasteiger partial charge in [0.15, 0.2) is 0 Å². The van der Waals surface area contributed by atoms with Gasteiger partial charge >= 0.3 is 0 Å². The van der Waals surface area contributed by atoms with Crippen LogP contribution in [0, 0.1) is 0 Å². The Morgan fingerprint density at radius 1 is 1.00 bits per heavy atom. The first-order valence-corrected chi connectivity index (χ1v) is 11.6. The van der Waals surface area contributed by atoms with Gasteiger partial charge < -0.3 is 9.88 Å². The van der Waals surface area contributed by atoms with Gasteiger partial charge in [-0.1, -0.05) is 24.3 Å². The lowest BCUT2D eigenvalue weighted by Gasteiger charge is -2.35. The fourth-order valence-corrected chi connectivity index (χ4v) is 4.38. The minimum Gasteiger partial charge on any atom is -0.361 e. The van der Waals surface area contributed by atoms with Gasteiger partial charge in [0.2, 0.25) is 5.91 Å². The number of nitrogens with one attached hydrogen (secondary N) is 2. The molecule has 0 bridgehead atoms. The number of fused-ring (bicyclic) bond motifs is 1. The molecular formula is C26H29ClN6O2. The lowest BCUT2D eigenvalue weighted by Crippen LogP contribution is -2.52. The van der Waals surface area contributed by atoms with Gasteiger partial charge in [-0.25, -0.2) is 0 Å². The van der Waals surface area contributed by atoms with E-state index < -0.39 is 0 Å². The van der Waals surface area contributed by atoms with E-state index in [9.17, 15) is 9.59 Å². The topological polar surface area (TPSA) is 88.3 Å². The summed E-state index contributed by atoms with van der Waals surface area (Å²) in [5.74, 6) is -0.220. The van der Waals surface area contributed by atoms with Gasteiger partial charge in [-0.05, 0) is 47.7 Å². The third-order valence-corrected chi connectivity index (χ3v) is 6.40. The number of hydrogen-bond acceptors (Lipinski definition) is 4. The van der Waals surface area contributed by atoms with Crippen LogP contribution in [-0.4, -0.2) is 76.1 Å². The molecule has 2 amide bonds. The van der Waals surface area contributed by atoms with E-state index in [0.717, 1.165) is 37.0 Å². The zero-order valence-corrected chi connectivity index (χ0v) is 20.2. The smallest absolute Gasteiger partial charge is 0.258 e. The largest absolute Gasteiger partial charge is 0.361 e. The van der Waals surface area contributed by atoms with Crippen molar-refractivity contribution in [3.63, 3.8) is 0 Å². The zero-order chi connectivity index (χ0) is 23.3. The molecule has 0 atom stereocenters. The molecule has 0 saturated carbocycles. The van der Waals surface area contributed by atoms with Crippen LogP contribution in [0.15, 0.2) is 73.2 Å². The fourth-order valence-electron chi connectivity index (χ4n) is 4.38. The van der Waals surface area contributed by atoms with E-state index in [2.05, 4.69) is 20.1 Å². The molecule has 1 fully saturated rings. The second kappa shape index (κ2) is 11.2. The van der Waals surface area contributed by atoms with Gasteiger partial charge in [-0.2, -0.15) is 5.10 Å². The highest BCUT2D eigenvalue weighted by molar-refractivity contribution is 6.10. The number of H-pyrrole nitrogens is 2. The van der Waals surface area contributed by atoms with Crippen LogP contribution >= 0.6 is 12.4 Å². The van der Waals surface area contributed by atoms with E-state index in [1.807, 2.05) is 78.1 Å². The zero-order valence-electron chi connectivity index (χ0n) is 19.4. The number of carbonyl (C=O) groups is 2. The van der Waals surface area contributed by atoms with Crippen LogP contribution in [0.3, 0.4) is 0 Å². The summed E-state index contributed by atoms with van der Waals surface area (Å²) in [6.07, 6.45) is 6.56. The Bertz CT molecular complexity index is 1250. The first-order valence-electron chi connectivity index (χ1n) is 11.6. The van der Waals surface area contributed by atoms with Crippen LogP contribution in [0.1, 0.15) is 15.9 Å². The van der Waals surface area contributed by atoms with Crippen LogP contribution in [0.5, 0.6) is 0 Å². The summed E-state index contributed by atoms with van der Waals surface area (Å²) in [4.78, 5) is 35.7. The normalized spacial score (nSPS) is 14.0. The molecule has 1 saturated heterocycles. The number of carbonyl (C=O) groups excluding carboxylic acids is 2. The molecule has 5 rings (SSSR count). The number of aromatic amines is 2. The van der Waals surface area contributed by atoms with Crippen molar-refractivity contribution in [1.82, 2.24) is 25.0 Å². The second-order valence-electron chi connectivity index (χ2n) is 8.59. The molecule has 8 nitrogen and oxygen atoms in total. The number of hydrogen-bond donors (Lipinski definition) is 2. The van der Waals surface area contributed by atoms with Gasteiger partial charge in [0.05, 0.1) is 6.20 Å². The highest BCUT2D eigenvalue weighted by atomic mass is 35.5. The highest BCUT2D eigenvalue weighted by Crippen LogP contribution is 2.20. The predicted octanol–water partition coefficient (Wildman–Crippen LogP) is 3.35. The number of piperazine rings is 1. The Labute approximate surface area is 210 Å². The van der Waals surface area contributed by atoms with Crippen molar-refractivity contribution in [3.05, 3.63) is 84.3 Å². The van der Waals surface area contributed by atoms with E-state index in [1.54, 1.807) is 4.90 Å². The third kappa shape index (κ3) is 5.72. The SMILES string of the molecule is Cl.O=C(CN(C(=O)c1ccc2cc[nH]c2c1)c1ccccc1)N1CCN(CCc2cn[nH]c2)CC1. The van der Waals surface area contributed by atoms with Crippen molar-refractivity contribution in [2.45, 2.75) is 6.42 Å². The van der Waals surface area contributed by atoms with Crippen molar-refractivity contribution in [2.24, 2.45) is 0 Å². The molecule has 2 N–H and O–H groups in total. The number of anilines is 1. The molecule has 0 radical (unpaired) electrons. The van der Waals surface area contributed by atoms with E-state index in [4.69, 9.17) is 0 Å². The molecule has 0 unspecified atom stereocenters. The summed E-state index contributed by atoms with van der Waals surface area (Å²) in [5.41, 5.74) is 3.35. The van der Waals surface area contributed by atoms with Crippen LogP contribution in [-0.2, 0) is 11.2 Å². The first-order chi connectivity index (χ1) is 16.7. The second-order valence-corrected chi connectivity index (χ2v) is 8.59. The minimum atomic E-state index is -0.185. The van der Waals surface area contributed by atoms with Crippen molar-refractivity contribution >= 4 is 40.8 Å². The Morgan fingerprint density at radius 2 is 1.80 bits per heavy atom. The fraction of sp³-hybridized carbons (Fsp3) is 0.269. The van der Waals surface area contributed by atoms with Gasteiger partial charge in [-0.3, -0.25) is 24.5 Å². The quantitative estimate of drug-likeness (QED) is 0.414. The highest BCUT2D eigenvalue weighted by Gasteiger charge is 2.26. The summed E-state index contributed by atoms with van der Waals surface area (Å²) in [6, 6.07) is 17.0. The lowest BCUT2D eigenvalue weighted by atomic mass is 10.1. The Morgan fingerprint density at radius 3 is 2.54 bits per heavy atom. The summed E-state index contributed by atoms with van der Waals surface area (Å²) in [7, 11) is 0. The molecule has 0 spiro atoms. The molecule has 1 aliphatic heterocycles. The van der Waals surface area contributed by atoms with E-state index in [-0.39, 0.29) is 30.8 Å². The molecule has 3 heterocycles. The van der Waals surface area contributed by atoms with Crippen LogP contribution in [0.4, 0.5) is 5.69 Å². The number of benzene rings is 2. The average Bonchev–Trinajstić information content (AvgIpc) is 3.58. The lowest BCUT2D eigenvalue weighted by molar-refractivity contribution is -0.131. The predicted molar refractivity (Wildman–Crippen MR) is 139 cm³/mol. The number of halogens is 1. The Hall–Kier alpha value is -3.62. The monoisotopic (exact) mass is 492 g/mol. The number of rotatable bonds is 7. The maximum absolute atomic E-state index is 13.5. The van der Waals surface area contributed by atoms with Crippen molar-refractivity contribution in [2.75, 3.05) is 44.2 Å². The molecule has 35 heavy (non-hydrogen) atoms. The molecule has 182 valence electrons. The Balaban J connectivity index is 0.00000289. The Kier molecular flexibility index (Phi) is 7.84. The van der Waals surface area contributed by atoms with Crippen molar-refractivity contribution in [1.29, 1.82) is 0 Å². The molecule has 0 aliphatic carbocycles. The van der Waals surface area contributed by atoms with Gasteiger partial charge in [-0.15, -0.1) is 12.4 Å². The molecular weight excluding hydrogens is 464 g/mol. The maximum Gasteiger partial charge on any atom is 0.258 e. The summed E-state index contributed by atoms with van der Waals surface area (Å²) in [5, 5.41) is 7.88. The third-order valence-electron chi connectivity index (χ3n) is 6.40. The van der Waals surface area contributed by atoms with Crippen molar-refractivity contribution in [3.8, 4) is 0 Å². The van der Waals surface area contributed by atoms with Gasteiger partial charge in [0.1, 0.15) is 6.54 Å². The number of amides is 2. The van der Waals surface area contributed by atoms with Crippen molar-refractivity contribution < 1.29 is 9.59 Å². The van der Waals surface area contributed by atoms with E-state index in [0.29, 0.717) is 24.3 Å². The molecule has 2 aromatic heterocycles.